The summed E-state index contributed by atoms with van der Waals surface area (Å²) in [6.07, 6.45) is 0.935. The lowest BCUT2D eigenvalue weighted by Crippen LogP contribution is -2.43. The molecule has 0 bridgehead atoms. The standard InChI is InChI=1S/C14H17NO4/c1-2-11(14(17)18)15-13(16)10-7-8-19-12-6-4-3-5-9(10)12/h3-6,10-11H,2,7-8H2,1H3,(H,15,16)(H,17,18)/t10?,11-/m1/s1. The third-order valence-corrected chi connectivity index (χ3v) is 3.30. The van der Waals surface area contributed by atoms with Crippen LogP contribution in [0, 0.1) is 0 Å². The lowest BCUT2D eigenvalue weighted by atomic mass is 9.92. The molecule has 1 aliphatic rings. The molecule has 102 valence electrons. The highest BCUT2D eigenvalue weighted by Gasteiger charge is 2.29. The Morgan fingerprint density at radius 3 is 2.89 bits per heavy atom. The monoisotopic (exact) mass is 263 g/mol. The van der Waals surface area contributed by atoms with Crippen molar-refractivity contribution in [1.82, 2.24) is 5.32 Å². The van der Waals surface area contributed by atoms with Gasteiger partial charge >= 0.3 is 5.97 Å². The molecular formula is C14H17NO4. The van der Waals surface area contributed by atoms with Crippen LogP contribution in [0.3, 0.4) is 0 Å². The fourth-order valence-electron chi connectivity index (χ4n) is 2.23. The van der Waals surface area contributed by atoms with E-state index in [0.29, 0.717) is 25.2 Å². The number of rotatable bonds is 4. The summed E-state index contributed by atoms with van der Waals surface area (Å²) in [6.45, 7) is 2.20. The number of ether oxygens (including phenoxy) is 1. The number of hydrogen-bond donors (Lipinski definition) is 2. The van der Waals surface area contributed by atoms with Gasteiger partial charge < -0.3 is 15.2 Å². The summed E-state index contributed by atoms with van der Waals surface area (Å²) in [7, 11) is 0. The Hall–Kier alpha value is -2.04. The highest BCUT2D eigenvalue weighted by atomic mass is 16.5. The first-order valence-electron chi connectivity index (χ1n) is 6.38. The van der Waals surface area contributed by atoms with Crippen LogP contribution < -0.4 is 10.1 Å². The summed E-state index contributed by atoms with van der Waals surface area (Å²) in [5.41, 5.74) is 0.825. The number of aliphatic carboxylic acids is 1. The number of carbonyl (C=O) groups excluding carboxylic acids is 1. The van der Waals surface area contributed by atoms with Crippen LogP contribution in [0.5, 0.6) is 5.75 Å². The zero-order valence-electron chi connectivity index (χ0n) is 10.8. The molecule has 1 heterocycles. The van der Waals surface area contributed by atoms with Crippen LogP contribution in [0.4, 0.5) is 0 Å². The second-order valence-corrected chi connectivity index (χ2v) is 4.54. The zero-order chi connectivity index (χ0) is 13.8. The van der Waals surface area contributed by atoms with Gasteiger partial charge in [0.1, 0.15) is 11.8 Å². The van der Waals surface area contributed by atoms with Crippen LogP contribution in [0.1, 0.15) is 31.2 Å². The molecule has 2 rings (SSSR count). The summed E-state index contributed by atoms with van der Waals surface area (Å²) < 4.78 is 5.49. The maximum atomic E-state index is 12.2. The first kappa shape index (κ1) is 13.4. The predicted octanol–water partition coefficient (Wildman–Crippen LogP) is 1.53. The van der Waals surface area contributed by atoms with E-state index in [1.54, 1.807) is 6.92 Å². The van der Waals surface area contributed by atoms with Crippen molar-refractivity contribution in [1.29, 1.82) is 0 Å². The van der Waals surface area contributed by atoms with E-state index < -0.39 is 12.0 Å². The molecule has 0 spiro atoms. The summed E-state index contributed by atoms with van der Waals surface area (Å²) in [5, 5.41) is 11.6. The van der Waals surface area contributed by atoms with Gasteiger partial charge in [-0.2, -0.15) is 0 Å². The van der Waals surface area contributed by atoms with Crippen LogP contribution in [0.15, 0.2) is 24.3 Å². The predicted molar refractivity (Wildman–Crippen MR) is 69.2 cm³/mol. The van der Waals surface area contributed by atoms with Crippen LogP contribution >= 0.6 is 0 Å². The van der Waals surface area contributed by atoms with Crippen LogP contribution in [0.25, 0.3) is 0 Å². The average Bonchev–Trinajstić information content (AvgIpc) is 2.43. The molecule has 0 aromatic heterocycles. The van der Waals surface area contributed by atoms with Crippen molar-refractivity contribution >= 4 is 11.9 Å². The maximum absolute atomic E-state index is 12.2. The Balaban J connectivity index is 2.15. The molecule has 1 amide bonds. The minimum Gasteiger partial charge on any atom is -0.493 e. The van der Waals surface area contributed by atoms with Gasteiger partial charge in [-0.1, -0.05) is 25.1 Å². The van der Waals surface area contributed by atoms with Crippen molar-refractivity contribution in [3.63, 3.8) is 0 Å². The second kappa shape index (κ2) is 5.73. The summed E-state index contributed by atoms with van der Waals surface area (Å²) >= 11 is 0. The smallest absolute Gasteiger partial charge is 0.326 e. The minimum atomic E-state index is -1.00. The van der Waals surface area contributed by atoms with Gasteiger partial charge in [-0.05, 0) is 18.9 Å². The molecule has 1 aromatic rings. The first-order chi connectivity index (χ1) is 9.13. The number of nitrogens with one attached hydrogen (secondary N) is 1. The van der Waals surface area contributed by atoms with E-state index in [2.05, 4.69) is 5.32 Å². The molecule has 0 saturated carbocycles. The molecule has 1 unspecified atom stereocenters. The molecule has 0 fully saturated rings. The van der Waals surface area contributed by atoms with Gasteiger partial charge in [0, 0.05) is 5.56 Å². The molecule has 19 heavy (non-hydrogen) atoms. The number of carbonyl (C=O) groups is 2. The summed E-state index contributed by atoms with van der Waals surface area (Å²) in [5.74, 6) is -0.878. The average molecular weight is 263 g/mol. The lowest BCUT2D eigenvalue weighted by Gasteiger charge is -2.26. The van der Waals surface area contributed by atoms with Gasteiger partial charge in [-0.3, -0.25) is 4.79 Å². The SMILES string of the molecule is CC[C@@H](NC(=O)C1CCOc2ccccc21)C(=O)O. The van der Waals surface area contributed by atoms with Crippen molar-refractivity contribution in [2.24, 2.45) is 0 Å². The van der Waals surface area contributed by atoms with E-state index in [4.69, 9.17) is 9.84 Å². The van der Waals surface area contributed by atoms with Gasteiger partial charge in [-0.15, -0.1) is 0 Å². The third-order valence-electron chi connectivity index (χ3n) is 3.30. The number of carboxylic acids is 1. The molecule has 2 N–H and O–H groups in total. The second-order valence-electron chi connectivity index (χ2n) is 4.54. The van der Waals surface area contributed by atoms with Crippen molar-refractivity contribution < 1.29 is 19.4 Å². The molecule has 0 saturated heterocycles. The zero-order valence-corrected chi connectivity index (χ0v) is 10.8. The lowest BCUT2D eigenvalue weighted by molar-refractivity contribution is -0.142. The van der Waals surface area contributed by atoms with Crippen molar-refractivity contribution in [3.8, 4) is 5.75 Å². The number of benzene rings is 1. The Kier molecular flexibility index (Phi) is 4.04. The van der Waals surface area contributed by atoms with E-state index in [1.165, 1.54) is 0 Å². The molecule has 1 aromatic carbocycles. The summed E-state index contributed by atoms with van der Waals surface area (Å²) in [6, 6.07) is 6.54. The quantitative estimate of drug-likeness (QED) is 0.863. The molecule has 1 aliphatic heterocycles. The first-order valence-corrected chi connectivity index (χ1v) is 6.38. The van der Waals surface area contributed by atoms with Gasteiger partial charge in [0.05, 0.1) is 12.5 Å². The molecule has 0 radical (unpaired) electrons. The van der Waals surface area contributed by atoms with Crippen LogP contribution in [-0.4, -0.2) is 29.6 Å². The van der Waals surface area contributed by atoms with Gasteiger partial charge in [-0.25, -0.2) is 4.79 Å². The topological polar surface area (TPSA) is 75.6 Å². The number of carboxylic acid groups (broad SMARTS) is 1. The Morgan fingerprint density at radius 1 is 1.47 bits per heavy atom. The molecular weight excluding hydrogens is 246 g/mol. The highest BCUT2D eigenvalue weighted by molar-refractivity contribution is 5.88. The van der Waals surface area contributed by atoms with E-state index in [0.717, 1.165) is 5.56 Å². The highest BCUT2D eigenvalue weighted by Crippen LogP contribution is 2.33. The van der Waals surface area contributed by atoms with Crippen molar-refractivity contribution in [2.45, 2.75) is 31.7 Å². The Bertz CT molecular complexity index is 486. The molecule has 5 heteroatoms. The Labute approximate surface area is 111 Å². The molecule has 5 nitrogen and oxygen atoms in total. The van der Waals surface area contributed by atoms with Crippen LogP contribution in [0.2, 0.25) is 0 Å². The number of fused-ring (bicyclic) bond motifs is 1. The van der Waals surface area contributed by atoms with E-state index in [1.807, 2.05) is 24.3 Å². The Morgan fingerprint density at radius 2 is 2.21 bits per heavy atom. The van der Waals surface area contributed by atoms with E-state index in [9.17, 15) is 9.59 Å². The van der Waals surface area contributed by atoms with E-state index in [-0.39, 0.29) is 11.8 Å². The van der Waals surface area contributed by atoms with Crippen molar-refractivity contribution in [3.05, 3.63) is 29.8 Å². The summed E-state index contributed by atoms with van der Waals surface area (Å²) in [4.78, 5) is 23.2. The third kappa shape index (κ3) is 2.86. The fraction of sp³-hybridized carbons (Fsp3) is 0.429. The number of para-hydroxylation sites is 1. The number of amides is 1. The van der Waals surface area contributed by atoms with Gasteiger partial charge in [0.15, 0.2) is 0 Å². The fourth-order valence-corrected chi connectivity index (χ4v) is 2.23. The van der Waals surface area contributed by atoms with E-state index >= 15 is 0 Å². The molecule has 0 aliphatic carbocycles. The minimum absolute atomic E-state index is 0.245. The van der Waals surface area contributed by atoms with Gasteiger partial charge in [0.25, 0.3) is 0 Å². The van der Waals surface area contributed by atoms with Crippen LogP contribution in [-0.2, 0) is 9.59 Å². The van der Waals surface area contributed by atoms with Crippen molar-refractivity contribution in [2.75, 3.05) is 6.61 Å². The number of hydrogen-bond acceptors (Lipinski definition) is 3. The molecule has 2 atom stereocenters. The largest absolute Gasteiger partial charge is 0.493 e. The maximum Gasteiger partial charge on any atom is 0.326 e. The normalized spacial score (nSPS) is 18.9. The van der Waals surface area contributed by atoms with Gasteiger partial charge in [0.2, 0.25) is 5.91 Å².